The number of nitrogens with one attached hydrogen (secondary N) is 1. The highest BCUT2D eigenvalue weighted by molar-refractivity contribution is 7.10. The topological polar surface area (TPSA) is 41.3 Å². The molecule has 2 unspecified atom stereocenters. The van der Waals surface area contributed by atoms with Crippen LogP contribution in [0.5, 0.6) is 0 Å². The molecule has 0 aromatic carbocycles. The van der Waals surface area contributed by atoms with Crippen LogP contribution in [0, 0.1) is 0 Å². The van der Waals surface area contributed by atoms with Gasteiger partial charge in [0.05, 0.1) is 6.04 Å². The van der Waals surface area contributed by atoms with Gasteiger partial charge in [0, 0.05) is 36.6 Å². The van der Waals surface area contributed by atoms with E-state index in [2.05, 4.69) is 27.7 Å². The summed E-state index contributed by atoms with van der Waals surface area (Å²) in [5.74, 6) is 0. The van der Waals surface area contributed by atoms with Gasteiger partial charge >= 0.3 is 0 Å². The molecule has 0 amide bonds. The highest BCUT2D eigenvalue weighted by Gasteiger charge is 2.34. The lowest BCUT2D eigenvalue weighted by molar-refractivity contribution is 0.317. The minimum absolute atomic E-state index is 0.157. The second kappa shape index (κ2) is 5.06. The first-order chi connectivity index (χ1) is 8.33. The van der Waals surface area contributed by atoms with Crippen molar-refractivity contribution in [3.8, 4) is 0 Å². The number of rotatable bonds is 5. The molecule has 2 fully saturated rings. The minimum atomic E-state index is 0.157. The fourth-order valence-corrected chi connectivity index (χ4v) is 3.35. The Morgan fingerprint density at radius 3 is 3.06 bits per heavy atom. The third kappa shape index (κ3) is 2.88. The van der Waals surface area contributed by atoms with E-state index in [0.29, 0.717) is 6.04 Å². The van der Waals surface area contributed by atoms with Crippen LogP contribution in [0.2, 0.25) is 0 Å². The lowest BCUT2D eigenvalue weighted by Crippen LogP contribution is -2.37. The van der Waals surface area contributed by atoms with E-state index >= 15 is 0 Å². The molecule has 17 heavy (non-hydrogen) atoms. The fourth-order valence-electron chi connectivity index (χ4n) is 2.62. The predicted molar refractivity (Wildman–Crippen MR) is 72.3 cm³/mol. The van der Waals surface area contributed by atoms with Crippen LogP contribution in [-0.2, 0) is 0 Å². The van der Waals surface area contributed by atoms with E-state index in [4.69, 9.17) is 5.73 Å². The second-order valence-electron chi connectivity index (χ2n) is 5.24. The minimum Gasteiger partial charge on any atom is -0.322 e. The van der Waals surface area contributed by atoms with Gasteiger partial charge in [0.2, 0.25) is 0 Å². The summed E-state index contributed by atoms with van der Waals surface area (Å²) in [7, 11) is 0. The summed E-state index contributed by atoms with van der Waals surface area (Å²) in [6.07, 6.45) is 4.12. The van der Waals surface area contributed by atoms with Gasteiger partial charge in [-0.25, -0.2) is 0 Å². The van der Waals surface area contributed by atoms with E-state index in [0.717, 1.165) is 12.6 Å². The molecule has 0 spiro atoms. The molecule has 2 aliphatic rings. The van der Waals surface area contributed by atoms with Crippen LogP contribution < -0.4 is 11.1 Å². The van der Waals surface area contributed by atoms with E-state index in [1.165, 1.54) is 37.2 Å². The molecule has 2 atom stereocenters. The molecule has 3 N–H and O–H groups in total. The Morgan fingerprint density at radius 1 is 1.47 bits per heavy atom. The van der Waals surface area contributed by atoms with Crippen molar-refractivity contribution in [3.05, 3.63) is 22.4 Å². The molecular weight excluding hydrogens is 230 g/mol. The van der Waals surface area contributed by atoms with Gasteiger partial charge in [-0.15, -0.1) is 11.3 Å². The van der Waals surface area contributed by atoms with Crippen LogP contribution in [0.25, 0.3) is 0 Å². The van der Waals surface area contributed by atoms with Gasteiger partial charge in [0.1, 0.15) is 0 Å². The predicted octanol–water partition coefficient (Wildman–Crippen LogP) is 1.57. The molecule has 1 saturated carbocycles. The zero-order chi connectivity index (χ0) is 11.7. The van der Waals surface area contributed by atoms with Crippen molar-refractivity contribution in [3.63, 3.8) is 0 Å². The highest BCUT2D eigenvalue weighted by atomic mass is 32.1. The molecule has 94 valence electrons. The first-order valence-electron chi connectivity index (χ1n) is 6.59. The zero-order valence-electron chi connectivity index (χ0n) is 10.1. The second-order valence-corrected chi connectivity index (χ2v) is 6.22. The van der Waals surface area contributed by atoms with Gasteiger partial charge in [-0.3, -0.25) is 4.90 Å². The van der Waals surface area contributed by atoms with Crippen molar-refractivity contribution in [2.45, 2.75) is 37.4 Å². The third-order valence-corrected chi connectivity index (χ3v) is 4.82. The zero-order valence-corrected chi connectivity index (χ0v) is 11.0. The Balaban J connectivity index is 1.42. The van der Waals surface area contributed by atoms with E-state index < -0.39 is 0 Å². The molecule has 2 heterocycles. The first kappa shape index (κ1) is 11.7. The summed E-state index contributed by atoms with van der Waals surface area (Å²) in [6, 6.07) is 5.92. The van der Waals surface area contributed by atoms with E-state index in [1.807, 2.05) is 0 Å². The normalized spacial score (nSPS) is 27.5. The SMILES string of the molecule is NC(CNC1CCN(C2CC2)C1)c1cccs1. The number of likely N-dealkylation sites (tertiary alicyclic amines) is 1. The van der Waals surface area contributed by atoms with Crippen molar-refractivity contribution >= 4 is 11.3 Å². The molecule has 0 radical (unpaired) electrons. The van der Waals surface area contributed by atoms with Crippen molar-refractivity contribution in [1.29, 1.82) is 0 Å². The fraction of sp³-hybridized carbons (Fsp3) is 0.692. The maximum absolute atomic E-state index is 6.16. The molecule has 0 bridgehead atoms. The van der Waals surface area contributed by atoms with Gasteiger partial charge in [-0.1, -0.05) is 6.07 Å². The summed E-state index contributed by atoms with van der Waals surface area (Å²) < 4.78 is 0. The van der Waals surface area contributed by atoms with Crippen LogP contribution >= 0.6 is 11.3 Å². The molecule has 3 rings (SSSR count). The number of hydrogen-bond donors (Lipinski definition) is 2. The molecule has 1 saturated heterocycles. The van der Waals surface area contributed by atoms with Crippen LogP contribution in [0.1, 0.15) is 30.2 Å². The Hall–Kier alpha value is -0.420. The Bertz CT molecular complexity index is 348. The quantitative estimate of drug-likeness (QED) is 0.835. The molecule has 1 aliphatic heterocycles. The summed E-state index contributed by atoms with van der Waals surface area (Å²) in [5.41, 5.74) is 6.16. The molecule has 1 aromatic rings. The average molecular weight is 251 g/mol. The molecule has 4 heteroatoms. The number of nitrogens with two attached hydrogens (primary N) is 1. The maximum Gasteiger partial charge on any atom is 0.0516 e. The Labute approximate surface area is 107 Å². The standard InChI is InChI=1S/C13H21N3S/c14-12(13-2-1-7-17-13)8-15-10-5-6-16(9-10)11-3-4-11/h1-2,7,10-12,15H,3-6,8-9,14H2. The monoisotopic (exact) mass is 251 g/mol. The summed E-state index contributed by atoms with van der Waals surface area (Å²) in [4.78, 5) is 3.92. The number of hydrogen-bond acceptors (Lipinski definition) is 4. The van der Waals surface area contributed by atoms with Crippen molar-refractivity contribution < 1.29 is 0 Å². The molecule has 1 aromatic heterocycles. The molecule has 3 nitrogen and oxygen atoms in total. The Kier molecular flexibility index (Phi) is 3.47. The summed E-state index contributed by atoms with van der Waals surface area (Å²) in [5, 5.41) is 5.72. The van der Waals surface area contributed by atoms with E-state index in [1.54, 1.807) is 11.3 Å². The van der Waals surface area contributed by atoms with Crippen LogP contribution in [0.4, 0.5) is 0 Å². The van der Waals surface area contributed by atoms with Gasteiger partial charge in [0.25, 0.3) is 0 Å². The van der Waals surface area contributed by atoms with E-state index in [-0.39, 0.29) is 6.04 Å². The van der Waals surface area contributed by atoms with Crippen LogP contribution in [0.15, 0.2) is 17.5 Å². The van der Waals surface area contributed by atoms with Gasteiger partial charge in [-0.05, 0) is 30.7 Å². The summed E-state index contributed by atoms with van der Waals surface area (Å²) >= 11 is 1.75. The number of thiophene rings is 1. The molecular formula is C13H21N3S. The maximum atomic E-state index is 6.16. The smallest absolute Gasteiger partial charge is 0.0516 e. The van der Waals surface area contributed by atoms with Crippen molar-refractivity contribution in [2.24, 2.45) is 5.73 Å². The lowest BCUT2D eigenvalue weighted by atomic mass is 10.2. The van der Waals surface area contributed by atoms with Gasteiger partial charge < -0.3 is 11.1 Å². The molecule has 1 aliphatic carbocycles. The Morgan fingerprint density at radius 2 is 2.35 bits per heavy atom. The average Bonchev–Trinajstić information content (AvgIpc) is 2.88. The van der Waals surface area contributed by atoms with Gasteiger partial charge in [-0.2, -0.15) is 0 Å². The van der Waals surface area contributed by atoms with Crippen LogP contribution in [0.3, 0.4) is 0 Å². The largest absolute Gasteiger partial charge is 0.322 e. The summed E-state index contributed by atoms with van der Waals surface area (Å²) in [6.45, 7) is 3.40. The first-order valence-corrected chi connectivity index (χ1v) is 7.47. The third-order valence-electron chi connectivity index (χ3n) is 3.82. The highest BCUT2D eigenvalue weighted by Crippen LogP contribution is 2.29. The van der Waals surface area contributed by atoms with E-state index in [9.17, 15) is 0 Å². The van der Waals surface area contributed by atoms with Crippen molar-refractivity contribution in [2.75, 3.05) is 19.6 Å². The van der Waals surface area contributed by atoms with Crippen molar-refractivity contribution in [1.82, 2.24) is 10.2 Å². The number of nitrogens with zero attached hydrogens (tertiary/aromatic N) is 1. The van der Waals surface area contributed by atoms with Gasteiger partial charge in [0.15, 0.2) is 0 Å². The van der Waals surface area contributed by atoms with Crippen LogP contribution in [-0.4, -0.2) is 36.6 Å². The lowest BCUT2D eigenvalue weighted by Gasteiger charge is -2.17.